The molecule has 80 valence electrons. The van der Waals surface area contributed by atoms with E-state index in [0.717, 1.165) is 16.3 Å². The van der Waals surface area contributed by atoms with Gasteiger partial charge in [0.25, 0.3) is 0 Å². The third kappa shape index (κ3) is 2.43. The zero-order valence-electron chi connectivity index (χ0n) is 8.37. The van der Waals surface area contributed by atoms with Gasteiger partial charge in [0.1, 0.15) is 6.73 Å². The summed E-state index contributed by atoms with van der Waals surface area (Å²) in [6, 6.07) is 5.89. The lowest BCUT2D eigenvalue weighted by Gasteiger charge is -2.17. The van der Waals surface area contributed by atoms with Crippen LogP contribution in [0.1, 0.15) is 0 Å². The number of anilines is 2. The zero-order valence-corrected chi connectivity index (χ0v) is 9.19. The predicted molar refractivity (Wildman–Crippen MR) is 61.3 cm³/mol. The molecule has 4 nitrogen and oxygen atoms in total. The molecule has 0 saturated carbocycles. The van der Waals surface area contributed by atoms with Gasteiger partial charge in [0.05, 0.1) is 11.4 Å². The van der Waals surface area contributed by atoms with Crippen molar-refractivity contribution in [1.29, 1.82) is 0 Å². The number of methoxy groups -OCH3 is 1. The number of carbonyl (C=O) groups excluding carboxylic acids is 1. The number of hydrogen-bond acceptors (Lipinski definition) is 4. The third-order valence-corrected chi connectivity index (χ3v) is 3.11. The maximum Gasteiger partial charge on any atom is 0.234 e. The standard InChI is InChI=1S/C10H12N2O2S/c1-14-6-11-7-2-3-9-8(4-7)12-10(13)5-15-9/h2-4,11H,5-6H2,1H3,(H,12,13). The Balaban J connectivity index is 2.17. The van der Waals surface area contributed by atoms with Gasteiger partial charge >= 0.3 is 0 Å². The fourth-order valence-electron chi connectivity index (χ4n) is 1.35. The van der Waals surface area contributed by atoms with E-state index in [-0.39, 0.29) is 5.91 Å². The molecule has 1 aliphatic rings. The first-order chi connectivity index (χ1) is 7.29. The molecule has 0 atom stereocenters. The van der Waals surface area contributed by atoms with Crippen molar-refractivity contribution < 1.29 is 9.53 Å². The minimum absolute atomic E-state index is 0.0522. The summed E-state index contributed by atoms with van der Waals surface area (Å²) in [6.45, 7) is 0.458. The lowest BCUT2D eigenvalue weighted by atomic mass is 10.2. The smallest absolute Gasteiger partial charge is 0.234 e. The van der Waals surface area contributed by atoms with Crippen molar-refractivity contribution in [2.75, 3.05) is 30.2 Å². The Hall–Kier alpha value is -1.20. The number of carbonyl (C=O) groups is 1. The molecule has 1 aliphatic heterocycles. The van der Waals surface area contributed by atoms with Crippen molar-refractivity contribution in [2.45, 2.75) is 4.90 Å². The summed E-state index contributed by atoms with van der Waals surface area (Å²) < 4.78 is 4.91. The average Bonchev–Trinajstić information content (AvgIpc) is 2.25. The number of fused-ring (bicyclic) bond motifs is 1. The number of amides is 1. The largest absolute Gasteiger partial charge is 0.365 e. The van der Waals surface area contributed by atoms with E-state index in [0.29, 0.717) is 12.5 Å². The molecule has 0 aromatic heterocycles. The molecule has 0 radical (unpaired) electrons. The first-order valence-electron chi connectivity index (χ1n) is 4.59. The summed E-state index contributed by atoms with van der Waals surface area (Å²) in [5.41, 5.74) is 1.82. The Bertz CT molecular complexity index is 382. The van der Waals surface area contributed by atoms with Crippen molar-refractivity contribution in [1.82, 2.24) is 0 Å². The van der Waals surface area contributed by atoms with Gasteiger partial charge in [0, 0.05) is 17.7 Å². The highest BCUT2D eigenvalue weighted by molar-refractivity contribution is 8.00. The first-order valence-corrected chi connectivity index (χ1v) is 5.57. The van der Waals surface area contributed by atoms with Crippen LogP contribution in [0.25, 0.3) is 0 Å². The van der Waals surface area contributed by atoms with Crippen molar-refractivity contribution in [3.63, 3.8) is 0 Å². The fraction of sp³-hybridized carbons (Fsp3) is 0.300. The van der Waals surface area contributed by atoms with Crippen molar-refractivity contribution in [3.8, 4) is 0 Å². The van der Waals surface area contributed by atoms with Crippen LogP contribution in [-0.2, 0) is 9.53 Å². The summed E-state index contributed by atoms with van der Waals surface area (Å²) in [7, 11) is 1.63. The minimum Gasteiger partial charge on any atom is -0.365 e. The highest BCUT2D eigenvalue weighted by Gasteiger charge is 2.14. The number of benzene rings is 1. The number of nitrogens with one attached hydrogen (secondary N) is 2. The monoisotopic (exact) mass is 224 g/mol. The van der Waals surface area contributed by atoms with Gasteiger partial charge in [-0.1, -0.05) is 0 Å². The molecule has 1 aromatic carbocycles. The second kappa shape index (κ2) is 4.55. The molecule has 0 unspecified atom stereocenters. The molecular weight excluding hydrogens is 212 g/mol. The van der Waals surface area contributed by atoms with Gasteiger partial charge in [-0.15, -0.1) is 11.8 Å². The second-order valence-electron chi connectivity index (χ2n) is 3.16. The van der Waals surface area contributed by atoms with Crippen LogP contribution in [0.4, 0.5) is 11.4 Å². The Kier molecular flexibility index (Phi) is 3.13. The second-order valence-corrected chi connectivity index (χ2v) is 4.17. The average molecular weight is 224 g/mol. The van der Waals surface area contributed by atoms with Crippen LogP contribution in [0.3, 0.4) is 0 Å². The molecule has 0 aliphatic carbocycles. The Morgan fingerprint density at radius 3 is 3.27 bits per heavy atom. The van der Waals surface area contributed by atoms with Crippen molar-refractivity contribution in [3.05, 3.63) is 18.2 Å². The maximum absolute atomic E-state index is 11.2. The van der Waals surface area contributed by atoms with Gasteiger partial charge in [-0.3, -0.25) is 4.79 Å². The van der Waals surface area contributed by atoms with E-state index in [1.165, 1.54) is 0 Å². The quantitative estimate of drug-likeness (QED) is 0.768. The summed E-state index contributed by atoms with van der Waals surface area (Å²) in [5.74, 6) is 0.550. The van der Waals surface area contributed by atoms with E-state index in [1.807, 2.05) is 18.2 Å². The molecule has 5 heteroatoms. The number of ether oxygens (including phenoxy) is 1. The van der Waals surface area contributed by atoms with E-state index < -0.39 is 0 Å². The van der Waals surface area contributed by atoms with Gasteiger partial charge in [-0.2, -0.15) is 0 Å². The SMILES string of the molecule is COCNc1ccc2c(c1)NC(=O)CS2. The Labute approximate surface area is 92.4 Å². The number of hydrogen-bond donors (Lipinski definition) is 2. The molecule has 0 fully saturated rings. The molecule has 2 N–H and O–H groups in total. The van der Waals surface area contributed by atoms with Gasteiger partial charge in [-0.25, -0.2) is 0 Å². The topological polar surface area (TPSA) is 50.4 Å². The number of thioether (sulfide) groups is 1. The Morgan fingerprint density at radius 1 is 1.60 bits per heavy atom. The van der Waals surface area contributed by atoms with Crippen LogP contribution in [0, 0.1) is 0 Å². The van der Waals surface area contributed by atoms with Gasteiger partial charge in [0.15, 0.2) is 0 Å². The van der Waals surface area contributed by atoms with Crippen LogP contribution in [-0.4, -0.2) is 25.5 Å². The van der Waals surface area contributed by atoms with E-state index in [9.17, 15) is 4.79 Å². The zero-order chi connectivity index (χ0) is 10.7. The molecule has 2 rings (SSSR count). The minimum atomic E-state index is 0.0522. The van der Waals surface area contributed by atoms with E-state index >= 15 is 0 Å². The number of rotatable bonds is 3. The maximum atomic E-state index is 11.2. The highest BCUT2D eigenvalue weighted by Crippen LogP contribution is 2.33. The van der Waals surface area contributed by atoms with Crippen LogP contribution in [0.2, 0.25) is 0 Å². The highest BCUT2D eigenvalue weighted by atomic mass is 32.2. The lowest BCUT2D eigenvalue weighted by molar-refractivity contribution is -0.113. The summed E-state index contributed by atoms with van der Waals surface area (Å²) >= 11 is 1.56. The summed E-state index contributed by atoms with van der Waals surface area (Å²) in [6.07, 6.45) is 0. The molecule has 0 spiro atoms. The third-order valence-electron chi connectivity index (χ3n) is 2.03. The van der Waals surface area contributed by atoms with E-state index in [1.54, 1.807) is 18.9 Å². The molecule has 0 bridgehead atoms. The van der Waals surface area contributed by atoms with E-state index in [2.05, 4.69) is 10.6 Å². The predicted octanol–water partition coefficient (Wildman–Crippen LogP) is 1.75. The molecular formula is C10H12N2O2S. The molecule has 15 heavy (non-hydrogen) atoms. The van der Waals surface area contributed by atoms with Crippen molar-refractivity contribution >= 4 is 29.0 Å². The van der Waals surface area contributed by atoms with Gasteiger partial charge in [-0.05, 0) is 18.2 Å². The first kappa shape index (κ1) is 10.3. The van der Waals surface area contributed by atoms with E-state index in [4.69, 9.17) is 4.74 Å². The Morgan fingerprint density at radius 2 is 2.47 bits per heavy atom. The lowest BCUT2D eigenvalue weighted by Crippen LogP contribution is -2.18. The van der Waals surface area contributed by atoms with Gasteiger partial charge in [0.2, 0.25) is 5.91 Å². The van der Waals surface area contributed by atoms with Crippen LogP contribution in [0.5, 0.6) is 0 Å². The van der Waals surface area contributed by atoms with Crippen LogP contribution in [0.15, 0.2) is 23.1 Å². The van der Waals surface area contributed by atoms with Crippen LogP contribution < -0.4 is 10.6 Å². The summed E-state index contributed by atoms with van der Waals surface area (Å²) in [4.78, 5) is 12.3. The summed E-state index contributed by atoms with van der Waals surface area (Å²) in [5, 5.41) is 5.91. The molecule has 1 heterocycles. The fourth-order valence-corrected chi connectivity index (χ4v) is 2.14. The van der Waals surface area contributed by atoms with Crippen molar-refractivity contribution in [2.24, 2.45) is 0 Å². The molecule has 1 aromatic rings. The molecule has 1 amide bonds. The van der Waals surface area contributed by atoms with Crippen LogP contribution >= 0.6 is 11.8 Å². The normalized spacial score (nSPS) is 14.3. The molecule has 0 saturated heterocycles. The van der Waals surface area contributed by atoms with Gasteiger partial charge < -0.3 is 15.4 Å².